The first-order valence-electron chi connectivity index (χ1n) is 11.5. The highest BCUT2D eigenvalue weighted by molar-refractivity contribution is 5.66. The van der Waals surface area contributed by atoms with Gasteiger partial charge in [0.15, 0.2) is 0 Å². The normalized spacial score (nSPS) is 23.6. The molecule has 0 bridgehead atoms. The number of aliphatic hydroxyl groups is 3. The Morgan fingerprint density at radius 2 is 1.91 bits per heavy atom. The summed E-state index contributed by atoms with van der Waals surface area (Å²) < 4.78 is 43.5. The van der Waals surface area contributed by atoms with E-state index in [1.807, 2.05) is 26.0 Å². The largest absolute Gasteiger partial charge is 0.491 e. The number of hydrogen-bond acceptors (Lipinski definition) is 5. The Hall–Kier alpha value is -2.36. The molecular weight excluding hydrogens is 453 g/mol. The minimum Gasteiger partial charge on any atom is -0.491 e. The smallest absolute Gasteiger partial charge is 0.416 e. The van der Waals surface area contributed by atoms with Crippen molar-refractivity contribution in [2.24, 2.45) is 11.8 Å². The van der Waals surface area contributed by atoms with Crippen LogP contribution in [0.5, 0.6) is 5.75 Å². The van der Waals surface area contributed by atoms with E-state index in [1.54, 1.807) is 6.08 Å². The fourth-order valence-corrected chi connectivity index (χ4v) is 3.70. The summed E-state index contributed by atoms with van der Waals surface area (Å²) in [6, 6.07) is 4.36. The monoisotopic (exact) mass is 488 g/mol. The van der Waals surface area contributed by atoms with E-state index in [0.717, 1.165) is 12.1 Å². The third kappa shape index (κ3) is 10.3. The van der Waals surface area contributed by atoms with Crippen LogP contribution in [0.25, 0.3) is 0 Å². The highest BCUT2D eigenvalue weighted by atomic mass is 19.4. The zero-order valence-electron chi connectivity index (χ0n) is 19.5. The minimum atomic E-state index is -4.49. The minimum absolute atomic E-state index is 0.0190. The van der Waals surface area contributed by atoms with E-state index >= 15 is 0 Å². The lowest BCUT2D eigenvalue weighted by atomic mass is 9.89. The van der Waals surface area contributed by atoms with Crippen LogP contribution in [0.2, 0.25) is 0 Å². The van der Waals surface area contributed by atoms with Crippen LogP contribution in [0, 0.1) is 11.8 Å². The molecule has 6 nitrogen and oxygen atoms in total. The van der Waals surface area contributed by atoms with Crippen LogP contribution in [-0.4, -0.2) is 51.3 Å². The topological polar surface area (TPSA) is 107 Å². The molecule has 1 aliphatic rings. The number of allylic oxidation sites excluding steroid dienone is 2. The predicted molar refractivity (Wildman–Crippen MR) is 122 cm³/mol. The predicted octanol–water partition coefficient (Wildman–Crippen LogP) is 4.59. The molecule has 0 saturated heterocycles. The molecule has 1 saturated carbocycles. The average molecular weight is 489 g/mol. The van der Waals surface area contributed by atoms with Crippen molar-refractivity contribution in [3.05, 3.63) is 54.1 Å². The lowest BCUT2D eigenvalue weighted by molar-refractivity contribution is -0.138. The Kier molecular flexibility index (Phi) is 12.9. The molecule has 0 aliphatic heterocycles. The maximum absolute atomic E-state index is 12.8. The number of ether oxygens (including phenoxy) is 1. The Morgan fingerprint density at radius 3 is 2.56 bits per heavy atom. The number of unbranched alkanes of at least 4 members (excludes halogenated alkanes) is 1. The van der Waals surface area contributed by atoms with Gasteiger partial charge in [0, 0.05) is 18.8 Å². The third-order valence-electron chi connectivity index (χ3n) is 5.39. The molecule has 34 heavy (non-hydrogen) atoms. The van der Waals surface area contributed by atoms with E-state index in [1.165, 1.54) is 18.2 Å². The second kappa shape index (κ2) is 14.8. The van der Waals surface area contributed by atoms with E-state index in [2.05, 4.69) is 0 Å². The molecular formula is C25H35F3O6. The van der Waals surface area contributed by atoms with Crippen LogP contribution >= 0.6 is 0 Å². The molecule has 0 amide bonds. The summed E-state index contributed by atoms with van der Waals surface area (Å²) in [4.78, 5) is 10.5. The highest BCUT2D eigenvalue weighted by Crippen LogP contribution is 2.36. The average Bonchev–Trinajstić information content (AvgIpc) is 3.06. The second-order valence-electron chi connectivity index (χ2n) is 7.89. The fraction of sp³-hybridized carbons (Fsp3) is 0.560. The van der Waals surface area contributed by atoms with E-state index in [-0.39, 0.29) is 31.1 Å². The summed E-state index contributed by atoms with van der Waals surface area (Å²) >= 11 is 0. The maximum Gasteiger partial charge on any atom is 0.416 e. The third-order valence-corrected chi connectivity index (χ3v) is 5.39. The number of benzene rings is 1. The first-order chi connectivity index (χ1) is 16.1. The molecule has 192 valence electrons. The van der Waals surface area contributed by atoms with Gasteiger partial charge in [-0.3, -0.25) is 4.79 Å². The van der Waals surface area contributed by atoms with E-state index in [9.17, 15) is 33.3 Å². The van der Waals surface area contributed by atoms with E-state index in [0.29, 0.717) is 19.3 Å². The molecule has 1 aromatic carbocycles. The van der Waals surface area contributed by atoms with Crippen molar-refractivity contribution in [1.29, 1.82) is 0 Å². The Balaban J connectivity index is 0.00000281. The molecule has 0 heterocycles. The van der Waals surface area contributed by atoms with Crippen LogP contribution in [0.4, 0.5) is 13.2 Å². The SMILES string of the molecule is CC.O=C(O)CCCC=CCC1C(O)CC(O)C1C=CC(O)COc1cccc(C(F)(F)F)c1. The van der Waals surface area contributed by atoms with Gasteiger partial charge in [-0.2, -0.15) is 13.2 Å². The van der Waals surface area contributed by atoms with Crippen molar-refractivity contribution in [1.82, 2.24) is 0 Å². The number of rotatable bonds is 11. The van der Waals surface area contributed by atoms with Gasteiger partial charge in [0.2, 0.25) is 0 Å². The first kappa shape index (κ1) is 29.7. The highest BCUT2D eigenvalue weighted by Gasteiger charge is 2.39. The van der Waals surface area contributed by atoms with E-state index in [4.69, 9.17) is 9.84 Å². The number of carboxylic acids is 1. The van der Waals surface area contributed by atoms with Crippen molar-refractivity contribution < 1.29 is 43.1 Å². The zero-order valence-corrected chi connectivity index (χ0v) is 19.5. The summed E-state index contributed by atoms with van der Waals surface area (Å²) in [5.41, 5.74) is -0.845. The second-order valence-corrected chi connectivity index (χ2v) is 7.89. The molecule has 5 atom stereocenters. The molecule has 5 unspecified atom stereocenters. The Bertz CT molecular complexity index is 793. The number of carbonyl (C=O) groups is 1. The number of halogens is 3. The zero-order chi connectivity index (χ0) is 25.7. The molecule has 4 N–H and O–H groups in total. The first-order valence-corrected chi connectivity index (χ1v) is 11.5. The molecule has 0 radical (unpaired) electrons. The molecule has 0 aromatic heterocycles. The Morgan fingerprint density at radius 1 is 1.21 bits per heavy atom. The maximum atomic E-state index is 12.8. The molecule has 1 aliphatic carbocycles. The van der Waals surface area contributed by atoms with Crippen LogP contribution in [-0.2, 0) is 11.0 Å². The van der Waals surface area contributed by atoms with Crippen LogP contribution in [0.1, 0.15) is 51.5 Å². The standard InChI is InChI=1S/C23H29F3O6.C2H6/c24-23(25,26)15-6-5-7-17(12-15)32-14-16(27)10-11-19-18(20(28)13-21(19)29)8-3-1-2-4-9-22(30)31;1-2/h1,3,5-7,10-12,16,18-21,27-29H,2,4,8-9,13-14H2,(H,30,31);1-2H3. The van der Waals surface area contributed by atoms with Crippen molar-refractivity contribution >= 4 is 5.97 Å². The van der Waals surface area contributed by atoms with Crippen molar-refractivity contribution in [2.45, 2.75) is 70.4 Å². The van der Waals surface area contributed by atoms with Crippen LogP contribution in [0.15, 0.2) is 48.6 Å². The van der Waals surface area contributed by atoms with Crippen LogP contribution < -0.4 is 4.74 Å². The summed E-state index contributed by atoms with van der Waals surface area (Å²) in [5, 5.41) is 39.2. The summed E-state index contributed by atoms with van der Waals surface area (Å²) in [5.74, 6) is -1.55. The fourth-order valence-electron chi connectivity index (χ4n) is 3.70. The molecule has 2 rings (SSSR count). The van der Waals surface area contributed by atoms with E-state index < -0.39 is 41.9 Å². The summed E-state index contributed by atoms with van der Waals surface area (Å²) in [6.07, 6.45) is 1.48. The number of aliphatic carboxylic acids is 1. The van der Waals surface area contributed by atoms with Crippen molar-refractivity contribution in [3.8, 4) is 5.75 Å². The molecule has 9 heteroatoms. The van der Waals surface area contributed by atoms with Gasteiger partial charge in [-0.1, -0.05) is 44.2 Å². The number of alkyl halides is 3. The number of aliphatic hydroxyl groups excluding tert-OH is 3. The lowest BCUT2D eigenvalue weighted by Gasteiger charge is -2.19. The van der Waals surface area contributed by atoms with Crippen LogP contribution in [0.3, 0.4) is 0 Å². The number of hydrogen-bond donors (Lipinski definition) is 4. The Labute approximate surface area is 198 Å². The van der Waals surface area contributed by atoms with Gasteiger partial charge >= 0.3 is 12.1 Å². The molecule has 0 spiro atoms. The van der Waals surface area contributed by atoms with Gasteiger partial charge in [-0.05, 0) is 43.4 Å². The van der Waals surface area contributed by atoms with Crippen molar-refractivity contribution in [3.63, 3.8) is 0 Å². The van der Waals surface area contributed by atoms with Gasteiger partial charge in [-0.25, -0.2) is 0 Å². The van der Waals surface area contributed by atoms with Gasteiger partial charge < -0.3 is 25.2 Å². The molecule has 1 aromatic rings. The number of carboxylic acid groups (broad SMARTS) is 1. The lowest BCUT2D eigenvalue weighted by Crippen LogP contribution is -2.21. The quantitative estimate of drug-likeness (QED) is 0.268. The summed E-state index contributed by atoms with van der Waals surface area (Å²) in [7, 11) is 0. The van der Waals surface area contributed by atoms with Crippen molar-refractivity contribution in [2.75, 3.05) is 6.61 Å². The molecule has 1 fully saturated rings. The van der Waals surface area contributed by atoms with Gasteiger partial charge in [0.25, 0.3) is 0 Å². The van der Waals surface area contributed by atoms with Gasteiger partial charge in [0.05, 0.1) is 17.8 Å². The summed E-state index contributed by atoms with van der Waals surface area (Å²) in [6.45, 7) is 3.73. The van der Waals surface area contributed by atoms with Gasteiger partial charge in [-0.15, -0.1) is 0 Å². The van der Waals surface area contributed by atoms with Gasteiger partial charge in [0.1, 0.15) is 18.5 Å².